The Labute approximate surface area is 120 Å². The summed E-state index contributed by atoms with van der Waals surface area (Å²) in [5.74, 6) is 0. The maximum Gasteiger partial charge on any atom is 0.252 e. The van der Waals surface area contributed by atoms with E-state index in [1.807, 2.05) is 13.8 Å². The molecule has 0 aromatic carbocycles. The minimum absolute atomic E-state index is 0.0556. The highest BCUT2D eigenvalue weighted by atomic mass is 79.9. The Kier molecular flexibility index (Phi) is 5.92. The third-order valence-corrected chi connectivity index (χ3v) is 6.53. The Hall–Kier alpha value is 0.380. The van der Waals surface area contributed by atoms with Gasteiger partial charge in [0.1, 0.15) is 4.21 Å². The molecule has 0 aliphatic heterocycles. The van der Waals surface area contributed by atoms with Gasteiger partial charge in [-0.3, -0.25) is 0 Å². The van der Waals surface area contributed by atoms with Crippen LogP contribution >= 0.6 is 38.9 Å². The summed E-state index contributed by atoms with van der Waals surface area (Å²) in [6.45, 7) is 4.27. The fourth-order valence-electron chi connectivity index (χ4n) is 1.42. The van der Waals surface area contributed by atoms with Crippen molar-refractivity contribution in [3.8, 4) is 0 Å². The smallest absolute Gasteiger partial charge is 0.206 e. The number of alkyl halides is 1. The topological polar surface area (TPSA) is 37.4 Å². The third-order valence-electron chi connectivity index (χ3n) is 2.20. The van der Waals surface area contributed by atoms with Gasteiger partial charge in [-0.15, -0.1) is 11.3 Å². The molecule has 1 rings (SSSR count). The lowest BCUT2D eigenvalue weighted by Gasteiger charge is -2.24. The van der Waals surface area contributed by atoms with Crippen LogP contribution in [0.4, 0.5) is 0 Å². The van der Waals surface area contributed by atoms with Crippen LogP contribution < -0.4 is 0 Å². The van der Waals surface area contributed by atoms with E-state index in [9.17, 15) is 8.42 Å². The molecule has 1 aromatic heterocycles. The zero-order valence-electron chi connectivity index (χ0n) is 9.69. The van der Waals surface area contributed by atoms with Crippen molar-refractivity contribution in [2.24, 2.45) is 0 Å². The second-order valence-corrected chi connectivity index (χ2v) is 8.44. The van der Waals surface area contributed by atoms with Crippen LogP contribution in [0.3, 0.4) is 0 Å². The van der Waals surface area contributed by atoms with Gasteiger partial charge in [-0.2, -0.15) is 4.31 Å². The minimum Gasteiger partial charge on any atom is -0.206 e. The molecule has 3 nitrogen and oxygen atoms in total. The molecular weight excluding hydrogens is 346 g/mol. The lowest BCUT2D eigenvalue weighted by atomic mass is 10.4. The number of sulfonamides is 1. The van der Waals surface area contributed by atoms with Crippen molar-refractivity contribution in [1.82, 2.24) is 4.31 Å². The zero-order valence-corrected chi connectivity index (χ0v) is 13.7. The number of hydrogen-bond acceptors (Lipinski definition) is 3. The van der Waals surface area contributed by atoms with Crippen molar-refractivity contribution in [2.45, 2.75) is 30.5 Å². The van der Waals surface area contributed by atoms with Gasteiger partial charge in [0.25, 0.3) is 10.0 Å². The van der Waals surface area contributed by atoms with Gasteiger partial charge in [0.15, 0.2) is 0 Å². The summed E-state index contributed by atoms with van der Waals surface area (Å²) in [5, 5.41) is 0.789. The zero-order chi connectivity index (χ0) is 13.1. The molecule has 7 heteroatoms. The summed E-state index contributed by atoms with van der Waals surface area (Å²) in [4.78, 5) is 0. The largest absolute Gasteiger partial charge is 0.252 e. The van der Waals surface area contributed by atoms with E-state index < -0.39 is 10.0 Å². The molecule has 0 unspecified atom stereocenters. The quantitative estimate of drug-likeness (QED) is 0.727. The van der Waals surface area contributed by atoms with Crippen LogP contribution in [0.2, 0.25) is 4.34 Å². The van der Waals surface area contributed by atoms with Gasteiger partial charge >= 0.3 is 0 Å². The van der Waals surface area contributed by atoms with Crippen LogP contribution in [0.1, 0.15) is 20.3 Å². The molecule has 17 heavy (non-hydrogen) atoms. The monoisotopic (exact) mass is 359 g/mol. The van der Waals surface area contributed by atoms with Crippen LogP contribution in [0, 0.1) is 0 Å². The maximum atomic E-state index is 12.4. The highest BCUT2D eigenvalue weighted by Crippen LogP contribution is 2.29. The second kappa shape index (κ2) is 6.52. The Morgan fingerprint density at radius 2 is 2.12 bits per heavy atom. The molecule has 1 aromatic rings. The van der Waals surface area contributed by atoms with Crippen LogP contribution in [0.5, 0.6) is 0 Å². The molecule has 0 aliphatic rings. The SMILES string of the molecule is CC(C)N(CCCBr)S(=O)(=O)c1ccc(Cl)s1. The highest BCUT2D eigenvalue weighted by Gasteiger charge is 2.27. The van der Waals surface area contributed by atoms with Gasteiger partial charge in [0.2, 0.25) is 0 Å². The summed E-state index contributed by atoms with van der Waals surface area (Å²) in [7, 11) is -3.41. The highest BCUT2D eigenvalue weighted by molar-refractivity contribution is 9.09. The maximum absolute atomic E-state index is 12.4. The van der Waals surface area contributed by atoms with Gasteiger partial charge in [-0.25, -0.2) is 8.42 Å². The van der Waals surface area contributed by atoms with Crippen molar-refractivity contribution in [3.05, 3.63) is 16.5 Å². The number of halogens is 2. The predicted molar refractivity (Wildman–Crippen MR) is 76.8 cm³/mol. The van der Waals surface area contributed by atoms with Crippen LogP contribution in [0.15, 0.2) is 16.3 Å². The first kappa shape index (κ1) is 15.4. The minimum atomic E-state index is -3.41. The van der Waals surface area contributed by atoms with E-state index in [-0.39, 0.29) is 6.04 Å². The van der Waals surface area contributed by atoms with E-state index in [0.29, 0.717) is 15.1 Å². The Morgan fingerprint density at radius 1 is 1.47 bits per heavy atom. The average molecular weight is 361 g/mol. The average Bonchev–Trinajstić information content (AvgIpc) is 2.65. The third kappa shape index (κ3) is 3.92. The molecule has 0 amide bonds. The van der Waals surface area contributed by atoms with E-state index in [1.54, 1.807) is 12.1 Å². The molecule has 0 atom stereocenters. The normalized spacial score (nSPS) is 12.6. The second-order valence-electron chi connectivity index (χ2n) is 3.81. The van der Waals surface area contributed by atoms with Gasteiger partial charge in [0, 0.05) is 17.9 Å². The van der Waals surface area contributed by atoms with Gasteiger partial charge in [-0.1, -0.05) is 27.5 Å². The Morgan fingerprint density at radius 3 is 2.53 bits per heavy atom. The van der Waals surface area contributed by atoms with Gasteiger partial charge in [-0.05, 0) is 32.4 Å². The summed E-state index contributed by atoms with van der Waals surface area (Å²) in [6, 6.07) is 3.12. The fraction of sp³-hybridized carbons (Fsp3) is 0.600. The molecule has 0 saturated carbocycles. The summed E-state index contributed by atoms with van der Waals surface area (Å²) >= 11 is 10.2. The molecule has 0 fully saturated rings. The summed E-state index contributed by atoms with van der Waals surface area (Å²) < 4.78 is 27.0. The number of thiophene rings is 1. The van der Waals surface area contributed by atoms with Crippen molar-refractivity contribution in [1.29, 1.82) is 0 Å². The van der Waals surface area contributed by atoms with Crippen molar-refractivity contribution in [3.63, 3.8) is 0 Å². The summed E-state index contributed by atoms with van der Waals surface area (Å²) in [5.41, 5.74) is 0. The van der Waals surface area contributed by atoms with Crippen LogP contribution in [0.25, 0.3) is 0 Å². The predicted octanol–water partition coefficient (Wildman–Crippen LogP) is 3.59. The van der Waals surface area contributed by atoms with E-state index in [1.165, 1.54) is 4.31 Å². The van der Waals surface area contributed by atoms with Crippen molar-refractivity contribution >= 4 is 48.9 Å². The number of nitrogens with zero attached hydrogens (tertiary/aromatic N) is 1. The fourth-order valence-corrected chi connectivity index (χ4v) is 4.96. The molecule has 0 spiro atoms. The van der Waals surface area contributed by atoms with E-state index in [0.717, 1.165) is 23.1 Å². The van der Waals surface area contributed by atoms with Gasteiger partial charge in [0.05, 0.1) is 4.34 Å². The molecule has 0 aliphatic carbocycles. The summed E-state index contributed by atoms with van der Waals surface area (Å²) in [6.07, 6.45) is 0.788. The van der Waals surface area contributed by atoms with Crippen molar-refractivity contribution < 1.29 is 8.42 Å². The molecule has 0 bridgehead atoms. The first-order valence-electron chi connectivity index (χ1n) is 5.22. The lowest BCUT2D eigenvalue weighted by Crippen LogP contribution is -2.37. The molecule has 98 valence electrons. The van der Waals surface area contributed by atoms with Gasteiger partial charge < -0.3 is 0 Å². The molecule has 1 heterocycles. The Bertz CT molecular complexity index is 459. The molecule has 0 N–H and O–H groups in total. The first-order chi connectivity index (χ1) is 7.89. The standard InChI is InChI=1S/C10H15BrClNO2S2/c1-8(2)13(7-3-6-11)17(14,15)10-5-4-9(12)16-10/h4-5,8H,3,6-7H2,1-2H3. The molecular formula is C10H15BrClNO2S2. The van der Waals surface area contributed by atoms with Crippen LogP contribution in [-0.2, 0) is 10.0 Å². The van der Waals surface area contributed by atoms with E-state index >= 15 is 0 Å². The molecule has 0 saturated heterocycles. The lowest BCUT2D eigenvalue weighted by molar-refractivity contribution is 0.356. The van der Waals surface area contributed by atoms with Crippen molar-refractivity contribution in [2.75, 3.05) is 11.9 Å². The van der Waals surface area contributed by atoms with E-state index in [2.05, 4.69) is 15.9 Å². The Balaban J connectivity index is 3.00. The van der Waals surface area contributed by atoms with Crippen LogP contribution in [-0.4, -0.2) is 30.6 Å². The van der Waals surface area contributed by atoms with E-state index in [4.69, 9.17) is 11.6 Å². The molecule has 0 radical (unpaired) electrons. The first-order valence-corrected chi connectivity index (χ1v) is 8.98. The number of hydrogen-bond donors (Lipinski definition) is 0. The number of rotatable bonds is 6.